The van der Waals surface area contributed by atoms with Crippen LogP contribution in [0, 0.1) is 11.3 Å². The Bertz CT molecular complexity index is 723. The molecule has 1 aromatic heterocycles. The molecule has 0 fully saturated rings. The number of nitrogens with zero attached hydrogens (tertiary/aromatic N) is 2. The monoisotopic (exact) mass is 283 g/mol. The van der Waals surface area contributed by atoms with E-state index in [9.17, 15) is 0 Å². The maximum atomic E-state index is 8.91. The third-order valence-corrected chi connectivity index (χ3v) is 3.82. The Morgan fingerprint density at radius 1 is 0.773 bits per heavy atom. The lowest BCUT2D eigenvalue weighted by molar-refractivity contribution is -0.679. The summed E-state index contributed by atoms with van der Waals surface area (Å²) in [5.74, 6) is 0. The molecule has 0 aliphatic rings. The van der Waals surface area contributed by atoms with E-state index in [-0.39, 0.29) is 0 Å². The molecule has 0 radical (unpaired) electrons. The topological polar surface area (TPSA) is 27.7 Å². The minimum atomic E-state index is 0.292. The third-order valence-electron chi connectivity index (χ3n) is 3.82. The smallest absolute Gasteiger partial charge is 0.212 e. The van der Waals surface area contributed by atoms with Gasteiger partial charge >= 0.3 is 0 Å². The van der Waals surface area contributed by atoms with Gasteiger partial charge in [-0.1, -0.05) is 71.6 Å². The van der Waals surface area contributed by atoms with Crippen molar-refractivity contribution in [3.63, 3.8) is 0 Å². The van der Waals surface area contributed by atoms with Gasteiger partial charge in [-0.05, 0) is 0 Å². The molecule has 0 aliphatic carbocycles. The molecule has 0 amide bonds. The SMILES string of the molecule is N#Cc1cc[n+](CB(c2ccccc2)c2ccccc2)cc1. The number of aromatic nitrogens is 1. The molecule has 0 N–H and O–H groups in total. The second kappa shape index (κ2) is 6.73. The molecule has 0 spiro atoms. The quantitative estimate of drug-likeness (QED) is 0.529. The lowest BCUT2D eigenvalue weighted by atomic mass is 9.40. The second-order valence-electron chi connectivity index (χ2n) is 5.27. The molecule has 2 nitrogen and oxygen atoms in total. The van der Waals surface area contributed by atoms with Gasteiger partial charge in [0.1, 0.15) is 6.44 Å². The van der Waals surface area contributed by atoms with Crippen LogP contribution in [0.1, 0.15) is 5.56 Å². The molecule has 3 aromatic rings. The van der Waals surface area contributed by atoms with Crippen molar-refractivity contribution in [3.8, 4) is 6.07 Å². The first-order chi connectivity index (χ1) is 10.9. The Hall–Kier alpha value is -2.86. The number of hydrogen-bond acceptors (Lipinski definition) is 1. The van der Waals surface area contributed by atoms with Crippen LogP contribution in [0.4, 0.5) is 0 Å². The highest BCUT2D eigenvalue weighted by molar-refractivity contribution is 6.83. The van der Waals surface area contributed by atoms with E-state index in [0.717, 1.165) is 6.44 Å². The predicted octanol–water partition coefficient (Wildman–Crippen LogP) is 1.69. The van der Waals surface area contributed by atoms with E-state index in [0.29, 0.717) is 12.3 Å². The fourth-order valence-electron chi connectivity index (χ4n) is 2.64. The highest BCUT2D eigenvalue weighted by Gasteiger charge is 2.23. The number of nitriles is 1. The van der Waals surface area contributed by atoms with Crippen LogP contribution in [0.3, 0.4) is 0 Å². The molecule has 2 aromatic carbocycles. The summed E-state index contributed by atoms with van der Waals surface area (Å²) in [5, 5.41) is 8.91. The summed E-state index contributed by atoms with van der Waals surface area (Å²) in [4.78, 5) is 0. The number of rotatable bonds is 4. The molecule has 3 rings (SSSR count). The van der Waals surface area contributed by atoms with Gasteiger partial charge in [0.15, 0.2) is 12.4 Å². The zero-order chi connectivity index (χ0) is 15.2. The zero-order valence-corrected chi connectivity index (χ0v) is 12.3. The standard InChI is InChI=1S/C19H16BN2/c21-15-17-11-13-22(14-12-17)16-20(18-7-3-1-4-8-18)19-9-5-2-6-10-19/h1-14H,16H2/q+1. The van der Waals surface area contributed by atoms with E-state index < -0.39 is 0 Å². The number of hydrogen-bond donors (Lipinski definition) is 0. The molecular formula is C19H16BN2+. The zero-order valence-electron chi connectivity index (χ0n) is 12.3. The van der Waals surface area contributed by atoms with Gasteiger partial charge in [0.25, 0.3) is 6.71 Å². The molecule has 3 heteroatoms. The van der Waals surface area contributed by atoms with Crippen LogP contribution in [0.25, 0.3) is 0 Å². The minimum Gasteiger partial charge on any atom is -0.212 e. The van der Waals surface area contributed by atoms with Crippen molar-refractivity contribution >= 4 is 17.6 Å². The van der Waals surface area contributed by atoms with Gasteiger partial charge in [-0.15, -0.1) is 0 Å². The van der Waals surface area contributed by atoms with E-state index >= 15 is 0 Å². The Balaban J connectivity index is 1.94. The minimum absolute atomic E-state index is 0.292. The van der Waals surface area contributed by atoms with Crippen LogP contribution in [0.2, 0.25) is 0 Å². The van der Waals surface area contributed by atoms with E-state index in [1.54, 1.807) is 0 Å². The first kappa shape index (κ1) is 14.1. The molecular weight excluding hydrogens is 267 g/mol. The fourth-order valence-corrected chi connectivity index (χ4v) is 2.64. The van der Waals surface area contributed by atoms with Crippen molar-refractivity contribution in [2.24, 2.45) is 0 Å². The summed E-state index contributed by atoms with van der Waals surface area (Å²) >= 11 is 0. The van der Waals surface area contributed by atoms with E-state index in [1.165, 1.54) is 10.9 Å². The van der Waals surface area contributed by atoms with Crippen LogP contribution < -0.4 is 15.5 Å². The highest BCUT2D eigenvalue weighted by Crippen LogP contribution is 1.95. The van der Waals surface area contributed by atoms with Crippen LogP contribution >= 0.6 is 0 Å². The predicted molar refractivity (Wildman–Crippen MR) is 89.3 cm³/mol. The summed E-state index contributed by atoms with van der Waals surface area (Å²) < 4.78 is 2.13. The lowest BCUT2D eigenvalue weighted by Crippen LogP contribution is -2.53. The summed E-state index contributed by atoms with van der Waals surface area (Å²) in [7, 11) is 0. The number of benzene rings is 2. The van der Waals surface area contributed by atoms with Crippen molar-refractivity contribution in [2.45, 2.75) is 6.44 Å². The first-order valence-electron chi connectivity index (χ1n) is 7.36. The van der Waals surface area contributed by atoms with Crippen LogP contribution in [0.5, 0.6) is 0 Å². The largest absolute Gasteiger partial charge is 0.288 e. The Labute approximate surface area is 131 Å². The molecule has 0 atom stereocenters. The highest BCUT2D eigenvalue weighted by atomic mass is 14.9. The van der Waals surface area contributed by atoms with Crippen molar-refractivity contribution in [2.75, 3.05) is 0 Å². The molecule has 0 aliphatic heterocycles. The average molecular weight is 283 g/mol. The Morgan fingerprint density at radius 2 is 1.27 bits per heavy atom. The summed E-state index contributed by atoms with van der Waals surface area (Å²) in [6.07, 6.45) is 4.79. The van der Waals surface area contributed by atoms with Crippen LogP contribution in [0.15, 0.2) is 85.2 Å². The third kappa shape index (κ3) is 3.24. The second-order valence-corrected chi connectivity index (χ2v) is 5.27. The van der Waals surface area contributed by atoms with E-state index in [4.69, 9.17) is 5.26 Å². The normalized spacial score (nSPS) is 9.95. The Kier molecular flexibility index (Phi) is 4.31. The van der Waals surface area contributed by atoms with Gasteiger partial charge in [0.2, 0.25) is 0 Å². The van der Waals surface area contributed by atoms with Crippen LogP contribution in [-0.4, -0.2) is 6.71 Å². The fraction of sp³-hybridized carbons (Fsp3) is 0.0526. The maximum absolute atomic E-state index is 8.91. The summed E-state index contributed by atoms with van der Waals surface area (Å²) in [6.45, 7) is 0.292. The van der Waals surface area contributed by atoms with Gasteiger partial charge in [-0.25, -0.2) is 4.57 Å². The van der Waals surface area contributed by atoms with Gasteiger partial charge in [-0.2, -0.15) is 5.26 Å². The number of pyridine rings is 1. The molecule has 0 bridgehead atoms. The van der Waals surface area contributed by atoms with Gasteiger partial charge < -0.3 is 0 Å². The molecule has 104 valence electrons. The average Bonchev–Trinajstić information content (AvgIpc) is 2.62. The molecule has 0 unspecified atom stereocenters. The van der Waals surface area contributed by atoms with Crippen molar-refractivity contribution in [3.05, 3.63) is 90.8 Å². The maximum Gasteiger partial charge on any atom is 0.288 e. The van der Waals surface area contributed by atoms with E-state index in [2.05, 4.69) is 59.2 Å². The molecule has 0 saturated heterocycles. The van der Waals surface area contributed by atoms with Crippen molar-refractivity contribution in [1.82, 2.24) is 0 Å². The molecule has 1 heterocycles. The van der Waals surface area contributed by atoms with E-state index in [1.807, 2.05) is 36.7 Å². The molecule has 0 saturated carbocycles. The van der Waals surface area contributed by atoms with Crippen LogP contribution in [-0.2, 0) is 6.44 Å². The van der Waals surface area contributed by atoms with Gasteiger partial charge in [0, 0.05) is 12.1 Å². The van der Waals surface area contributed by atoms with Gasteiger partial charge in [0.05, 0.1) is 11.6 Å². The lowest BCUT2D eigenvalue weighted by Gasteiger charge is -2.11. The Morgan fingerprint density at radius 3 is 1.73 bits per heavy atom. The first-order valence-corrected chi connectivity index (χ1v) is 7.36. The van der Waals surface area contributed by atoms with Crippen molar-refractivity contribution in [1.29, 1.82) is 5.26 Å². The molecule has 22 heavy (non-hydrogen) atoms. The summed E-state index contributed by atoms with van der Waals surface area (Å²) in [5.41, 5.74) is 3.28. The summed E-state index contributed by atoms with van der Waals surface area (Å²) in [6, 6.07) is 26.9. The van der Waals surface area contributed by atoms with Crippen molar-refractivity contribution < 1.29 is 4.57 Å². The van der Waals surface area contributed by atoms with Gasteiger partial charge in [-0.3, -0.25) is 0 Å².